The van der Waals surface area contributed by atoms with E-state index in [9.17, 15) is 9.59 Å². The second-order valence-electron chi connectivity index (χ2n) is 11.3. The zero-order valence-corrected chi connectivity index (χ0v) is 23.7. The van der Waals surface area contributed by atoms with Crippen molar-refractivity contribution in [2.24, 2.45) is 5.92 Å². The molecule has 41 heavy (non-hydrogen) atoms. The van der Waals surface area contributed by atoms with Crippen molar-refractivity contribution in [1.82, 2.24) is 4.90 Å². The number of anilines is 1. The Morgan fingerprint density at radius 1 is 0.902 bits per heavy atom. The Morgan fingerprint density at radius 3 is 2.34 bits per heavy atom. The van der Waals surface area contributed by atoms with Crippen LogP contribution in [-0.2, 0) is 17.8 Å². The summed E-state index contributed by atoms with van der Waals surface area (Å²) in [4.78, 5) is 28.4. The van der Waals surface area contributed by atoms with E-state index in [0.29, 0.717) is 17.2 Å². The summed E-state index contributed by atoms with van der Waals surface area (Å²) in [5.41, 5.74) is 6.51. The van der Waals surface area contributed by atoms with Crippen LogP contribution in [0.2, 0.25) is 0 Å². The van der Waals surface area contributed by atoms with Crippen molar-refractivity contribution in [2.75, 3.05) is 11.9 Å². The van der Waals surface area contributed by atoms with Gasteiger partial charge in [0.1, 0.15) is 18.1 Å². The Labute approximate surface area is 241 Å². The van der Waals surface area contributed by atoms with Crippen LogP contribution in [0.25, 0.3) is 0 Å². The number of rotatable bonds is 7. The summed E-state index contributed by atoms with van der Waals surface area (Å²) in [6.07, 6.45) is 5.07. The van der Waals surface area contributed by atoms with E-state index in [1.165, 1.54) is 11.1 Å². The molecule has 0 radical (unpaired) electrons. The molecule has 1 saturated carbocycles. The molecule has 1 fully saturated rings. The zero-order chi connectivity index (χ0) is 28.3. The molecule has 0 saturated heterocycles. The van der Waals surface area contributed by atoms with Gasteiger partial charge in [0.15, 0.2) is 5.76 Å². The smallest absolute Gasteiger partial charge is 0.291 e. The van der Waals surface area contributed by atoms with E-state index in [-0.39, 0.29) is 36.1 Å². The first-order valence-electron chi connectivity index (χ1n) is 14.5. The maximum absolute atomic E-state index is 13.7. The molecule has 2 heterocycles. The summed E-state index contributed by atoms with van der Waals surface area (Å²) in [5.74, 6) is 1.59. The second-order valence-corrected chi connectivity index (χ2v) is 11.3. The van der Waals surface area contributed by atoms with Gasteiger partial charge in [-0.2, -0.15) is 0 Å². The Balaban J connectivity index is 1.20. The largest absolute Gasteiger partial charge is 0.486 e. The first-order chi connectivity index (χ1) is 19.9. The lowest BCUT2D eigenvalue weighted by Gasteiger charge is -2.39. The maximum Gasteiger partial charge on any atom is 0.291 e. The van der Waals surface area contributed by atoms with Crippen LogP contribution in [-0.4, -0.2) is 23.3 Å². The van der Waals surface area contributed by atoms with Crippen LogP contribution >= 0.6 is 0 Å². The molecular formula is C35H36N2O4. The highest BCUT2D eigenvalue weighted by Crippen LogP contribution is 2.40. The van der Waals surface area contributed by atoms with Gasteiger partial charge < -0.3 is 19.4 Å². The van der Waals surface area contributed by atoms with E-state index in [0.717, 1.165) is 55.3 Å². The number of benzene rings is 3. The summed E-state index contributed by atoms with van der Waals surface area (Å²) >= 11 is 0. The monoisotopic (exact) mass is 548 g/mol. The Bertz CT molecular complexity index is 1530. The maximum atomic E-state index is 13.7. The van der Waals surface area contributed by atoms with Crippen molar-refractivity contribution in [3.8, 4) is 5.75 Å². The van der Waals surface area contributed by atoms with Gasteiger partial charge in [-0.15, -0.1) is 0 Å². The number of ether oxygens (including phenoxy) is 1. The highest BCUT2D eigenvalue weighted by molar-refractivity contribution is 6.02. The van der Waals surface area contributed by atoms with Crippen LogP contribution in [0.3, 0.4) is 0 Å². The summed E-state index contributed by atoms with van der Waals surface area (Å²) in [6, 6.07) is 25.6. The van der Waals surface area contributed by atoms with Gasteiger partial charge >= 0.3 is 0 Å². The second kappa shape index (κ2) is 11.7. The Hall–Kier alpha value is -4.32. The lowest BCUT2D eigenvalue weighted by molar-refractivity contribution is -0.137. The predicted octanol–water partition coefficient (Wildman–Crippen LogP) is 7.39. The van der Waals surface area contributed by atoms with Gasteiger partial charge in [0.25, 0.3) is 5.91 Å². The topological polar surface area (TPSA) is 71.8 Å². The minimum absolute atomic E-state index is 0.125. The number of furan rings is 1. The van der Waals surface area contributed by atoms with Gasteiger partial charge in [-0.3, -0.25) is 9.59 Å². The van der Waals surface area contributed by atoms with Crippen molar-refractivity contribution in [2.45, 2.75) is 58.6 Å². The van der Waals surface area contributed by atoms with Gasteiger partial charge in [0.05, 0.1) is 6.04 Å². The van der Waals surface area contributed by atoms with Crippen molar-refractivity contribution >= 4 is 17.5 Å². The number of nitrogens with zero attached hydrogens (tertiary/aromatic N) is 1. The van der Waals surface area contributed by atoms with Gasteiger partial charge in [0.2, 0.25) is 5.91 Å². The van der Waals surface area contributed by atoms with E-state index in [1.807, 2.05) is 37.3 Å². The normalized spacial score (nSPS) is 16.8. The molecule has 1 aliphatic carbocycles. The fourth-order valence-electron chi connectivity index (χ4n) is 6.00. The molecule has 2 aliphatic rings. The molecule has 0 spiro atoms. The summed E-state index contributed by atoms with van der Waals surface area (Å²) in [7, 11) is 0. The van der Waals surface area contributed by atoms with Crippen molar-refractivity contribution in [1.29, 1.82) is 0 Å². The molecule has 4 aromatic rings. The molecule has 6 rings (SSSR count). The number of fused-ring (bicyclic) bond motifs is 1. The van der Waals surface area contributed by atoms with E-state index in [1.54, 1.807) is 12.1 Å². The molecular weight excluding hydrogens is 512 g/mol. The molecule has 3 aromatic carbocycles. The standard InChI is InChI=1S/C35H36N2O4/c1-23-7-11-26(12-8-23)33-31-21-29(16-13-25(31)19-20-37(33)35(39)27-5-3-4-6-27)40-22-30-17-18-32(41-30)34(38)36-28-14-9-24(2)10-15-28/h7-18,21,27,33H,3-6,19-20,22H2,1-2H3,(H,36,38). The first-order valence-corrected chi connectivity index (χ1v) is 14.5. The van der Waals surface area contributed by atoms with E-state index in [4.69, 9.17) is 9.15 Å². The molecule has 6 nitrogen and oxygen atoms in total. The molecule has 1 N–H and O–H groups in total. The molecule has 210 valence electrons. The molecule has 2 amide bonds. The molecule has 1 unspecified atom stereocenters. The average molecular weight is 549 g/mol. The SMILES string of the molecule is Cc1ccc(NC(=O)c2ccc(COc3ccc4c(c3)C(c3ccc(C)cc3)N(C(=O)C3CCCC3)CC4)o2)cc1. The van der Waals surface area contributed by atoms with Gasteiger partial charge in [-0.05, 0) is 86.2 Å². The van der Waals surface area contributed by atoms with E-state index >= 15 is 0 Å². The number of hydrogen-bond acceptors (Lipinski definition) is 4. The first kappa shape index (κ1) is 26.9. The van der Waals surface area contributed by atoms with E-state index in [2.05, 4.69) is 53.5 Å². The quantitative estimate of drug-likeness (QED) is 0.261. The fourth-order valence-corrected chi connectivity index (χ4v) is 6.00. The van der Waals surface area contributed by atoms with Crippen LogP contribution in [0.1, 0.15) is 75.9 Å². The van der Waals surface area contributed by atoms with Gasteiger partial charge in [-0.25, -0.2) is 0 Å². The minimum atomic E-state index is -0.304. The van der Waals surface area contributed by atoms with Crippen molar-refractivity contribution in [3.63, 3.8) is 0 Å². The molecule has 0 bridgehead atoms. The van der Waals surface area contributed by atoms with Crippen LogP contribution in [0.15, 0.2) is 83.3 Å². The minimum Gasteiger partial charge on any atom is -0.486 e. The number of hydrogen-bond donors (Lipinski definition) is 1. The molecule has 1 atom stereocenters. The molecule has 1 aromatic heterocycles. The van der Waals surface area contributed by atoms with Crippen LogP contribution in [0.5, 0.6) is 5.75 Å². The van der Waals surface area contributed by atoms with Crippen LogP contribution in [0.4, 0.5) is 5.69 Å². The van der Waals surface area contributed by atoms with Gasteiger partial charge in [0, 0.05) is 18.2 Å². The molecule has 1 aliphatic heterocycles. The van der Waals surface area contributed by atoms with Crippen molar-refractivity contribution < 1.29 is 18.7 Å². The third kappa shape index (κ3) is 5.92. The van der Waals surface area contributed by atoms with Crippen molar-refractivity contribution in [3.05, 3.63) is 118 Å². The average Bonchev–Trinajstić information content (AvgIpc) is 3.70. The van der Waals surface area contributed by atoms with Crippen LogP contribution in [0, 0.1) is 19.8 Å². The lowest BCUT2D eigenvalue weighted by Crippen LogP contribution is -2.43. The Morgan fingerprint density at radius 2 is 1.61 bits per heavy atom. The highest BCUT2D eigenvalue weighted by atomic mass is 16.5. The Kier molecular flexibility index (Phi) is 7.64. The number of nitrogens with one attached hydrogen (secondary N) is 1. The third-order valence-electron chi connectivity index (χ3n) is 8.30. The zero-order valence-electron chi connectivity index (χ0n) is 23.7. The summed E-state index contributed by atoms with van der Waals surface area (Å²) in [6.45, 7) is 5.00. The fraction of sp³-hybridized carbons (Fsp3) is 0.314. The van der Waals surface area contributed by atoms with E-state index < -0.39 is 0 Å². The van der Waals surface area contributed by atoms with Crippen LogP contribution < -0.4 is 10.1 Å². The number of aryl methyl sites for hydroxylation is 2. The summed E-state index contributed by atoms with van der Waals surface area (Å²) in [5, 5.41) is 2.86. The number of carbonyl (C=O) groups is 2. The number of amides is 2. The predicted molar refractivity (Wildman–Crippen MR) is 159 cm³/mol. The lowest BCUT2D eigenvalue weighted by atomic mass is 9.86. The summed E-state index contributed by atoms with van der Waals surface area (Å²) < 4.78 is 11.9. The highest BCUT2D eigenvalue weighted by Gasteiger charge is 2.36. The van der Waals surface area contributed by atoms with Gasteiger partial charge in [-0.1, -0.05) is 66.4 Å². The number of carbonyl (C=O) groups excluding carboxylic acids is 2. The molecule has 6 heteroatoms. The third-order valence-corrected chi connectivity index (χ3v) is 8.30.